The first-order chi connectivity index (χ1) is 13.1. The van der Waals surface area contributed by atoms with Gasteiger partial charge >= 0.3 is 0 Å². The Morgan fingerprint density at radius 3 is 3.00 bits per heavy atom. The molecule has 0 radical (unpaired) electrons. The van der Waals surface area contributed by atoms with Crippen molar-refractivity contribution in [3.63, 3.8) is 0 Å². The molecule has 3 aromatic rings. The Bertz CT molecular complexity index is 953. The Hall–Kier alpha value is -2.54. The molecule has 27 heavy (non-hydrogen) atoms. The predicted molar refractivity (Wildman–Crippen MR) is 109 cm³/mol. The number of aromatic nitrogens is 3. The van der Waals surface area contributed by atoms with E-state index in [9.17, 15) is 4.79 Å². The van der Waals surface area contributed by atoms with Crippen molar-refractivity contribution in [1.82, 2.24) is 15.0 Å². The van der Waals surface area contributed by atoms with Crippen molar-refractivity contribution in [2.75, 3.05) is 23.3 Å². The molecule has 4 heterocycles. The number of nitrogens with zero attached hydrogens (tertiary/aromatic N) is 4. The summed E-state index contributed by atoms with van der Waals surface area (Å²) in [4.78, 5) is 30.5. The van der Waals surface area contributed by atoms with Crippen molar-refractivity contribution in [3.8, 4) is 0 Å². The fourth-order valence-corrected chi connectivity index (χ4v) is 4.40. The Kier molecular flexibility index (Phi) is 5.03. The number of hydrogen-bond acceptors (Lipinski definition) is 6. The van der Waals surface area contributed by atoms with Crippen molar-refractivity contribution in [1.29, 1.82) is 0 Å². The molecule has 1 aliphatic rings. The van der Waals surface area contributed by atoms with Gasteiger partial charge in [-0.3, -0.25) is 4.79 Å². The molecular weight excluding hydrogens is 358 g/mol. The lowest BCUT2D eigenvalue weighted by atomic mass is 9.97. The number of pyridine rings is 1. The van der Waals surface area contributed by atoms with E-state index in [1.807, 2.05) is 19.1 Å². The lowest BCUT2D eigenvalue weighted by Crippen LogP contribution is -2.41. The minimum atomic E-state index is -0.0730. The first-order valence-corrected chi connectivity index (χ1v) is 10.2. The van der Waals surface area contributed by atoms with Crippen molar-refractivity contribution in [2.45, 2.75) is 33.1 Å². The number of rotatable bonds is 4. The van der Waals surface area contributed by atoms with E-state index < -0.39 is 0 Å². The van der Waals surface area contributed by atoms with Crippen LogP contribution < -0.4 is 10.2 Å². The fraction of sp³-hybridized carbons (Fsp3) is 0.400. The number of carbonyl (C=O) groups excluding carboxylic acids is 1. The first kappa shape index (κ1) is 17.9. The summed E-state index contributed by atoms with van der Waals surface area (Å²) < 4.78 is 0. The fourth-order valence-electron chi connectivity index (χ4n) is 3.47. The van der Waals surface area contributed by atoms with Gasteiger partial charge in [0, 0.05) is 24.2 Å². The SMILES string of the molecule is CCc1cc2c(N3CCCC(C(=O)Nc4ccc(C)cn4)C3)ncnc2s1. The molecule has 7 heteroatoms. The van der Waals surface area contributed by atoms with Gasteiger partial charge in [-0.2, -0.15) is 0 Å². The number of piperidine rings is 1. The molecule has 6 nitrogen and oxygen atoms in total. The second kappa shape index (κ2) is 7.60. The predicted octanol–water partition coefficient (Wildman–Crippen LogP) is 3.81. The number of amides is 1. The minimum absolute atomic E-state index is 0.0286. The number of thiophene rings is 1. The zero-order valence-corrected chi connectivity index (χ0v) is 16.4. The van der Waals surface area contributed by atoms with E-state index in [4.69, 9.17) is 0 Å². The number of anilines is 2. The van der Waals surface area contributed by atoms with Crippen molar-refractivity contribution in [2.24, 2.45) is 5.92 Å². The van der Waals surface area contributed by atoms with Crippen LogP contribution in [0.25, 0.3) is 10.2 Å². The standard InChI is InChI=1S/C20H23N5OS/c1-3-15-9-16-18(22-12-23-20(16)27-15)25-8-4-5-14(11-25)19(26)24-17-7-6-13(2)10-21-17/h6-7,9-10,12,14H,3-5,8,11H2,1-2H3,(H,21,24,26). The normalized spacial score (nSPS) is 17.3. The monoisotopic (exact) mass is 381 g/mol. The van der Waals surface area contributed by atoms with Crippen LogP contribution in [-0.2, 0) is 11.2 Å². The van der Waals surface area contributed by atoms with Crippen molar-refractivity contribution < 1.29 is 4.79 Å². The summed E-state index contributed by atoms with van der Waals surface area (Å²) in [5.41, 5.74) is 1.08. The molecule has 1 aliphatic heterocycles. The van der Waals surface area contributed by atoms with Crippen LogP contribution in [0.2, 0.25) is 0 Å². The smallest absolute Gasteiger partial charge is 0.230 e. The van der Waals surface area contributed by atoms with E-state index in [1.54, 1.807) is 23.9 Å². The van der Waals surface area contributed by atoms with Gasteiger partial charge in [0.25, 0.3) is 0 Å². The maximum atomic E-state index is 12.7. The number of carbonyl (C=O) groups is 1. The van der Waals surface area contributed by atoms with E-state index >= 15 is 0 Å². The van der Waals surface area contributed by atoms with Crippen LogP contribution in [-0.4, -0.2) is 33.9 Å². The Morgan fingerprint density at radius 2 is 2.22 bits per heavy atom. The average Bonchev–Trinajstić information content (AvgIpc) is 3.13. The molecule has 0 spiro atoms. The highest BCUT2D eigenvalue weighted by Gasteiger charge is 2.28. The second-order valence-electron chi connectivity index (χ2n) is 6.98. The molecule has 1 N–H and O–H groups in total. The van der Waals surface area contributed by atoms with Crippen LogP contribution >= 0.6 is 11.3 Å². The molecule has 1 unspecified atom stereocenters. The molecule has 140 valence electrons. The Morgan fingerprint density at radius 1 is 1.33 bits per heavy atom. The molecule has 0 saturated carbocycles. The Labute approximate surface area is 162 Å². The van der Waals surface area contributed by atoms with E-state index in [1.165, 1.54) is 4.88 Å². The topological polar surface area (TPSA) is 71.0 Å². The maximum Gasteiger partial charge on any atom is 0.230 e. The molecule has 4 rings (SSSR count). The van der Waals surface area contributed by atoms with Crippen LogP contribution in [0.4, 0.5) is 11.6 Å². The van der Waals surface area contributed by atoms with Crippen LogP contribution in [0.3, 0.4) is 0 Å². The van der Waals surface area contributed by atoms with Gasteiger partial charge in [0.15, 0.2) is 0 Å². The van der Waals surface area contributed by atoms with Crippen molar-refractivity contribution in [3.05, 3.63) is 41.2 Å². The lowest BCUT2D eigenvalue weighted by molar-refractivity contribution is -0.120. The third-order valence-corrected chi connectivity index (χ3v) is 6.15. The number of nitrogens with one attached hydrogen (secondary N) is 1. The molecule has 1 amide bonds. The van der Waals surface area contributed by atoms with Gasteiger partial charge in [0.1, 0.15) is 22.8 Å². The summed E-state index contributed by atoms with van der Waals surface area (Å²) >= 11 is 1.72. The van der Waals surface area contributed by atoms with Gasteiger partial charge in [-0.25, -0.2) is 15.0 Å². The van der Waals surface area contributed by atoms with Crippen LogP contribution in [0, 0.1) is 12.8 Å². The van der Waals surface area contributed by atoms with Gasteiger partial charge in [-0.15, -0.1) is 11.3 Å². The van der Waals surface area contributed by atoms with Crippen molar-refractivity contribution >= 4 is 39.1 Å². The van der Waals surface area contributed by atoms with E-state index in [0.29, 0.717) is 12.4 Å². The number of aryl methyl sites for hydroxylation is 2. The lowest BCUT2D eigenvalue weighted by Gasteiger charge is -2.33. The van der Waals surface area contributed by atoms with E-state index in [-0.39, 0.29) is 11.8 Å². The molecule has 0 aromatic carbocycles. The summed E-state index contributed by atoms with van der Waals surface area (Å²) in [6, 6.07) is 5.99. The summed E-state index contributed by atoms with van der Waals surface area (Å²) in [5, 5.41) is 4.05. The average molecular weight is 382 g/mol. The zero-order chi connectivity index (χ0) is 18.8. The van der Waals surface area contributed by atoms with Gasteiger partial charge in [-0.1, -0.05) is 13.0 Å². The van der Waals surface area contributed by atoms with Crippen LogP contribution in [0.15, 0.2) is 30.7 Å². The van der Waals surface area contributed by atoms with Gasteiger partial charge in [0.05, 0.1) is 11.3 Å². The zero-order valence-electron chi connectivity index (χ0n) is 15.6. The van der Waals surface area contributed by atoms with Gasteiger partial charge < -0.3 is 10.2 Å². The molecule has 0 aliphatic carbocycles. The van der Waals surface area contributed by atoms with Crippen LogP contribution in [0.5, 0.6) is 0 Å². The Balaban J connectivity index is 1.52. The van der Waals surface area contributed by atoms with E-state index in [2.05, 4.69) is 38.2 Å². The third kappa shape index (κ3) is 3.78. The first-order valence-electron chi connectivity index (χ1n) is 9.36. The van der Waals surface area contributed by atoms with E-state index in [0.717, 1.165) is 47.4 Å². The summed E-state index contributed by atoms with van der Waals surface area (Å²) in [7, 11) is 0. The highest BCUT2D eigenvalue weighted by Crippen LogP contribution is 2.32. The summed E-state index contributed by atoms with van der Waals surface area (Å²) in [6.45, 7) is 5.71. The number of hydrogen-bond donors (Lipinski definition) is 1. The second-order valence-corrected chi connectivity index (χ2v) is 8.09. The molecule has 0 bridgehead atoms. The molecule has 1 atom stereocenters. The quantitative estimate of drug-likeness (QED) is 0.744. The van der Waals surface area contributed by atoms with Gasteiger partial charge in [-0.05, 0) is 43.9 Å². The molecule has 1 fully saturated rings. The number of fused-ring (bicyclic) bond motifs is 1. The van der Waals surface area contributed by atoms with Gasteiger partial charge in [0.2, 0.25) is 5.91 Å². The highest BCUT2D eigenvalue weighted by atomic mass is 32.1. The third-order valence-electron chi connectivity index (χ3n) is 4.96. The summed E-state index contributed by atoms with van der Waals surface area (Å²) in [5.74, 6) is 1.51. The summed E-state index contributed by atoms with van der Waals surface area (Å²) in [6.07, 6.45) is 6.24. The largest absolute Gasteiger partial charge is 0.355 e. The minimum Gasteiger partial charge on any atom is -0.355 e. The molecule has 1 saturated heterocycles. The van der Waals surface area contributed by atoms with Crippen LogP contribution in [0.1, 0.15) is 30.2 Å². The highest BCUT2D eigenvalue weighted by molar-refractivity contribution is 7.18. The molecular formula is C20H23N5OS. The maximum absolute atomic E-state index is 12.7. The molecule has 3 aromatic heterocycles.